The van der Waals surface area contributed by atoms with E-state index in [-0.39, 0.29) is 11.9 Å². The fourth-order valence-electron chi connectivity index (χ4n) is 1.04. The molecule has 0 radical (unpaired) electrons. The summed E-state index contributed by atoms with van der Waals surface area (Å²) in [5.41, 5.74) is 11.9. The van der Waals surface area contributed by atoms with Crippen molar-refractivity contribution in [3.05, 3.63) is 6.20 Å². The molecule has 17 heavy (non-hydrogen) atoms. The molecule has 8 nitrogen and oxygen atoms in total. The van der Waals surface area contributed by atoms with Gasteiger partial charge >= 0.3 is 5.97 Å². The minimum Gasteiger partial charge on any atom is -0.466 e. The van der Waals surface area contributed by atoms with Crippen molar-refractivity contribution in [1.29, 1.82) is 0 Å². The van der Waals surface area contributed by atoms with Crippen molar-refractivity contribution in [2.45, 2.75) is 13.8 Å². The lowest BCUT2D eigenvalue weighted by molar-refractivity contribution is -0.140. The van der Waals surface area contributed by atoms with Crippen LogP contribution < -0.4 is 11.5 Å². The van der Waals surface area contributed by atoms with Gasteiger partial charge in [-0.2, -0.15) is 9.97 Å². The Morgan fingerprint density at radius 1 is 1.47 bits per heavy atom. The molecule has 0 aliphatic rings. The summed E-state index contributed by atoms with van der Waals surface area (Å²) in [7, 11) is 0. The van der Waals surface area contributed by atoms with Gasteiger partial charge in [-0.25, -0.2) is 4.98 Å². The van der Waals surface area contributed by atoms with Crippen molar-refractivity contribution in [2.24, 2.45) is 0 Å². The zero-order chi connectivity index (χ0) is 12.8. The summed E-state index contributed by atoms with van der Waals surface area (Å²) in [6.07, 6.45) is 1.54. The predicted octanol–water partition coefficient (Wildman–Crippen LogP) is 0.0867. The van der Waals surface area contributed by atoms with Gasteiger partial charge in [0.25, 0.3) is 0 Å². The summed E-state index contributed by atoms with van der Waals surface area (Å²) in [4.78, 5) is 24.1. The molecule has 2 aromatic rings. The number of anilines is 2. The number of imidazole rings is 1. The highest BCUT2D eigenvalue weighted by molar-refractivity contribution is 5.72. The molecule has 5 N–H and O–H groups in total. The zero-order valence-corrected chi connectivity index (χ0v) is 9.60. The smallest absolute Gasteiger partial charge is 0.302 e. The number of nitrogen functional groups attached to an aromatic ring is 2. The monoisotopic (exact) mass is 238 g/mol. The van der Waals surface area contributed by atoms with E-state index >= 15 is 0 Å². The molecule has 92 valence electrons. The standard InChI is InChI=1S/C5H6N6.C4H8O2/c6-4-8-1-2-3(10-4)11-5(7)9-2;1-3-6-4(2)5/h1H,(H5,6,7,8,9,10,11);3H2,1-2H3. The van der Waals surface area contributed by atoms with Gasteiger partial charge < -0.3 is 21.2 Å². The second-order valence-corrected chi connectivity index (χ2v) is 3.01. The molecule has 0 unspecified atom stereocenters. The Balaban J connectivity index is 0.000000209. The number of nitrogens with two attached hydrogens (primary N) is 2. The van der Waals surface area contributed by atoms with Crippen LogP contribution in [0.3, 0.4) is 0 Å². The second-order valence-electron chi connectivity index (χ2n) is 3.01. The quantitative estimate of drug-likeness (QED) is 0.599. The molecular formula is C9H14N6O2. The van der Waals surface area contributed by atoms with Crippen molar-refractivity contribution in [3.63, 3.8) is 0 Å². The summed E-state index contributed by atoms with van der Waals surface area (Å²) in [6, 6.07) is 0. The van der Waals surface area contributed by atoms with Crippen molar-refractivity contribution in [3.8, 4) is 0 Å². The average Bonchev–Trinajstić information content (AvgIpc) is 2.58. The fraction of sp³-hybridized carbons (Fsp3) is 0.333. The Labute approximate surface area is 97.4 Å². The molecule has 0 amide bonds. The van der Waals surface area contributed by atoms with Gasteiger partial charge in [-0.15, -0.1) is 0 Å². The third-order valence-corrected chi connectivity index (χ3v) is 1.62. The van der Waals surface area contributed by atoms with Crippen molar-refractivity contribution in [2.75, 3.05) is 18.1 Å². The molecule has 2 heterocycles. The van der Waals surface area contributed by atoms with Gasteiger partial charge in [0.05, 0.1) is 12.8 Å². The lowest BCUT2D eigenvalue weighted by Crippen LogP contribution is -1.95. The normalized spacial score (nSPS) is 9.53. The first-order valence-electron chi connectivity index (χ1n) is 4.90. The molecule has 0 saturated carbocycles. The molecule has 0 aromatic carbocycles. The third kappa shape index (κ3) is 3.93. The Kier molecular flexibility index (Phi) is 4.21. The number of carbonyl (C=O) groups excluding carboxylic acids is 1. The molecule has 8 heteroatoms. The summed E-state index contributed by atoms with van der Waals surface area (Å²) in [5.74, 6) is 0.307. The van der Waals surface area contributed by atoms with Crippen LogP contribution in [-0.4, -0.2) is 32.5 Å². The minimum atomic E-state index is -0.211. The van der Waals surface area contributed by atoms with E-state index < -0.39 is 0 Å². The first-order chi connectivity index (χ1) is 8.02. The summed E-state index contributed by atoms with van der Waals surface area (Å²) >= 11 is 0. The van der Waals surface area contributed by atoms with Gasteiger partial charge in [-0.1, -0.05) is 0 Å². The van der Waals surface area contributed by atoms with Crippen LogP contribution in [0.5, 0.6) is 0 Å². The Bertz CT molecular complexity index is 509. The number of esters is 1. The van der Waals surface area contributed by atoms with Gasteiger partial charge in [0.15, 0.2) is 11.6 Å². The molecular weight excluding hydrogens is 224 g/mol. The summed E-state index contributed by atoms with van der Waals surface area (Å²) < 4.78 is 4.40. The van der Waals surface area contributed by atoms with Crippen LogP contribution >= 0.6 is 0 Å². The Hall–Kier alpha value is -2.38. The van der Waals surface area contributed by atoms with E-state index in [9.17, 15) is 4.79 Å². The number of fused-ring (bicyclic) bond motifs is 1. The number of nitrogens with zero attached hydrogens (tertiary/aromatic N) is 3. The Morgan fingerprint density at radius 3 is 2.71 bits per heavy atom. The van der Waals surface area contributed by atoms with E-state index in [0.717, 1.165) is 0 Å². The number of aromatic nitrogens is 4. The highest BCUT2D eigenvalue weighted by atomic mass is 16.5. The van der Waals surface area contributed by atoms with E-state index in [0.29, 0.717) is 23.7 Å². The van der Waals surface area contributed by atoms with Crippen LogP contribution in [0.1, 0.15) is 13.8 Å². The van der Waals surface area contributed by atoms with Gasteiger partial charge in [0, 0.05) is 6.92 Å². The van der Waals surface area contributed by atoms with Crippen LogP contribution in [0, 0.1) is 0 Å². The largest absolute Gasteiger partial charge is 0.466 e. The van der Waals surface area contributed by atoms with Gasteiger partial charge in [0.2, 0.25) is 5.95 Å². The second kappa shape index (κ2) is 5.64. The van der Waals surface area contributed by atoms with Crippen LogP contribution in [-0.2, 0) is 9.53 Å². The zero-order valence-electron chi connectivity index (χ0n) is 9.60. The fourth-order valence-corrected chi connectivity index (χ4v) is 1.04. The maximum absolute atomic E-state index is 9.82. The molecule has 2 rings (SSSR count). The van der Waals surface area contributed by atoms with Crippen LogP contribution in [0.4, 0.5) is 11.9 Å². The van der Waals surface area contributed by atoms with Crippen LogP contribution in [0.2, 0.25) is 0 Å². The molecule has 0 atom stereocenters. The molecule has 0 bridgehead atoms. The van der Waals surface area contributed by atoms with Crippen LogP contribution in [0.15, 0.2) is 6.20 Å². The summed E-state index contributed by atoms with van der Waals surface area (Å²) in [5, 5.41) is 0. The first kappa shape index (κ1) is 12.7. The Morgan fingerprint density at radius 2 is 2.18 bits per heavy atom. The third-order valence-electron chi connectivity index (χ3n) is 1.62. The summed E-state index contributed by atoms with van der Waals surface area (Å²) in [6.45, 7) is 3.65. The first-order valence-corrected chi connectivity index (χ1v) is 4.90. The van der Waals surface area contributed by atoms with E-state index in [1.165, 1.54) is 6.92 Å². The number of hydrogen-bond donors (Lipinski definition) is 3. The number of carbonyl (C=O) groups is 1. The molecule has 0 spiro atoms. The number of rotatable bonds is 1. The maximum Gasteiger partial charge on any atom is 0.302 e. The van der Waals surface area contributed by atoms with Gasteiger partial charge in [-0.05, 0) is 6.92 Å². The van der Waals surface area contributed by atoms with Gasteiger partial charge in [0.1, 0.15) is 5.52 Å². The SMILES string of the molecule is CCOC(C)=O.Nc1ncc2[nH]c(N)nc2n1. The van der Waals surface area contributed by atoms with E-state index in [2.05, 4.69) is 24.7 Å². The van der Waals surface area contributed by atoms with E-state index in [1.807, 2.05) is 0 Å². The van der Waals surface area contributed by atoms with Crippen molar-refractivity contribution >= 4 is 29.0 Å². The van der Waals surface area contributed by atoms with E-state index in [1.54, 1.807) is 13.1 Å². The molecule has 2 aromatic heterocycles. The highest BCUT2D eigenvalue weighted by Gasteiger charge is 2.00. The number of ether oxygens (including phenoxy) is 1. The van der Waals surface area contributed by atoms with Crippen molar-refractivity contribution in [1.82, 2.24) is 19.9 Å². The lowest BCUT2D eigenvalue weighted by Gasteiger charge is -1.89. The number of H-pyrrole nitrogens is 1. The molecule has 0 aliphatic carbocycles. The average molecular weight is 238 g/mol. The lowest BCUT2D eigenvalue weighted by atomic mass is 10.6. The molecule has 0 saturated heterocycles. The highest BCUT2D eigenvalue weighted by Crippen LogP contribution is 2.08. The van der Waals surface area contributed by atoms with Gasteiger partial charge in [-0.3, -0.25) is 4.79 Å². The number of aromatic amines is 1. The van der Waals surface area contributed by atoms with Crippen molar-refractivity contribution < 1.29 is 9.53 Å². The minimum absolute atomic E-state index is 0.198. The molecule has 0 aliphatic heterocycles. The van der Waals surface area contributed by atoms with Crippen LogP contribution in [0.25, 0.3) is 11.2 Å². The number of nitrogens with one attached hydrogen (secondary N) is 1. The predicted molar refractivity (Wildman–Crippen MR) is 62.8 cm³/mol. The maximum atomic E-state index is 9.82. The molecule has 0 fully saturated rings. The topological polar surface area (TPSA) is 133 Å². The number of hydrogen-bond acceptors (Lipinski definition) is 7. The van der Waals surface area contributed by atoms with E-state index in [4.69, 9.17) is 11.5 Å².